The van der Waals surface area contributed by atoms with Crippen molar-refractivity contribution in [2.24, 2.45) is 5.92 Å². The molecule has 80 valence electrons. The molecular weight excluding hydrogens is 200 g/mol. The third-order valence-electron chi connectivity index (χ3n) is 3.14. The van der Waals surface area contributed by atoms with Crippen molar-refractivity contribution in [3.05, 3.63) is 29.3 Å². The summed E-state index contributed by atoms with van der Waals surface area (Å²) in [5.74, 6) is 0.322. The first kappa shape index (κ1) is 10.5. The SMILES string of the molecule is COc1cccc2c1CC[C@H](C#N)[C@H]2C#N. The van der Waals surface area contributed by atoms with E-state index >= 15 is 0 Å². The smallest absolute Gasteiger partial charge is 0.122 e. The Morgan fingerprint density at radius 3 is 2.75 bits per heavy atom. The van der Waals surface area contributed by atoms with Crippen molar-refractivity contribution < 1.29 is 4.74 Å². The maximum Gasteiger partial charge on any atom is 0.122 e. The fourth-order valence-electron chi connectivity index (χ4n) is 2.31. The first-order chi connectivity index (χ1) is 7.81. The van der Waals surface area contributed by atoms with Gasteiger partial charge in [-0.3, -0.25) is 0 Å². The number of nitrogens with zero attached hydrogens (tertiary/aromatic N) is 2. The van der Waals surface area contributed by atoms with E-state index in [2.05, 4.69) is 12.1 Å². The van der Waals surface area contributed by atoms with Gasteiger partial charge in [0, 0.05) is 0 Å². The van der Waals surface area contributed by atoms with E-state index < -0.39 is 0 Å². The molecule has 0 bridgehead atoms. The molecule has 16 heavy (non-hydrogen) atoms. The van der Waals surface area contributed by atoms with Crippen LogP contribution in [0.25, 0.3) is 0 Å². The second-order valence-corrected chi connectivity index (χ2v) is 3.91. The van der Waals surface area contributed by atoms with E-state index in [1.165, 1.54) is 0 Å². The van der Waals surface area contributed by atoms with Gasteiger partial charge in [0.15, 0.2) is 0 Å². The van der Waals surface area contributed by atoms with Crippen LogP contribution in [0.5, 0.6) is 5.75 Å². The molecular formula is C13H12N2O. The highest BCUT2D eigenvalue weighted by Crippen LogP contribution is 2.39. The molecule has 0 spiro atoms. The second-order valence-electron chi connectivity index (χ2n) is 3.91. The number of nitriles is 2. The van der Waals surface area contributed by atoms with Gasteiger partial charge >= 0.3 is 0 Å². The Labute approximate surface area is 94.9 Å². The average Bonchev–Trinajstić information content (AvgIpc) is 2.36. The first-order valence-electron chi connectivity index (χ1n) is 5.26. The predicted molar refractivity (Wildman–Crippen MR) is 58.8 cm³/mol. The molecule has 0 aromatic heterocycles. The van der Waals surface area contributed by atoms with Crippen LogP contribution in [0.4, 0.5) is 0 Å². The van der Waals surface area contributed by atoms with Crippen LogP contribution in [-0.2, 0) is 6.42 Å². The highest BCUT2D eigenvalue weighted by atomic mass is 16.5. The number of hydrogen-bond acceptors (Lipinski definition) is 3. The summed E-state index contributed by atoms with van der Waals surface area (Å²) in [6.07, 6.45) is 1.55. The number of fused-ring (bicyclic) bond motifs is 1. The van der Waals surface area contributed by atoms with Crippen molar-refractivity contribution in [2.75, 3.05) is 7.11 Å². The summed E-state index contributed by atoms with van der Waals surface area (Å²) < 4.78 is 5.28. The van der Waals surface area contributed by atoms with Crippen molar-refractivity contribution in [3.63, 3.8) is 0 Å². The van der Waals surface area contributed by atoms with Crippen molar-refractivity contribution in [2.45, 2.75) is 18.8 Å². The highest BCUT2D eigenvalue weighted by Gasteiger charge is 2.30. The Morgan fingerprint density at radius 2 is 2.12 bits per heavy atom. The number of hydrogen-bond donors (Lipinski definition) is 0. The molecule has 0 saturated carbocycles. The molecule has 0 unspecified atom stereocenters. The molecule has 0 N–H and O–H groups in total. The molecule has 2 atom stereocenters. The molecule has 0 fully saturated rings. The molecule has 0 radical (unpaired) electrons. The topological polar surface area (TPSA) is 56.8 Å². The molecule has 0 saturated heterocycles. The van der Waals surface area contributed by atoms with Crippen LogP contribution < -0.4 is 4.74 Å². The quantitative estimate of drug-likeness (QED) is 0.718. The summed E-state index contributed by atoms with van der Waals surface area (Å²) in [7, 11) is 1.63. The minimum atomic E-state index is -0.316. The van der Waals surface area contributed by atoms with E-state index in [-0.39, 0.29) is 11.8 Å². The highest BCUT2D eigenvalue weighted by molar-refractivity contribution is 5.46. The van der Waals surface area contributed by atoms with Crippen LogP contribution in [0.15, 0.2) is 18.2 Å². The lowest BCUT2D eigenvalue weighted by atomic mass is 9.76. The largest absolute Gasteiger partial charge is 0.496 e. The molecule has 2 rings (SSSR count). The molecule has 3 nitrogen and oxygen atoms in total. The van der Waals surface area contributed by atoms with Gasteiger partial charge in [0.2, 0.25) is 0 Å². The molecule has 1 aliphatic rings. The zero-order valence-corrected chi connectivity index (χ0v) is 9.10. The molecule has 0 amide bonds. The molecule has 1 aromatic carbocycles. The van der Waals surface area contributed by atoms with E-state index in [0.29, 0.717) is 0 Å². The summed E-state index contributed by atoms with van der Waals surface area (Å²) >= 11 is 0. The minimum Gasteiger partial charge on any atom is -0.496 e. The van der Waals surface area contributed by atoms with E-state index in [1.807, 2.05) is 18.2 Å². The number of rotatable bonds is 1. The molecule has 1 aromatic rings. The van der Waals surface area contributed by atoms with Crippen molar-refractivity contribution in [3.8, 4) is 17.9 Å². The fourth-order valence-corrected chi connectivity index (χ4v) is 2.31. The van der Waals surface area contributed by atoms with Gasteiger partial charge < -0.3 is 4.74 Å². The third-order valence-corrected chi connectivity index (χ3v) is 3.14. The molecule has 0 heterocycles. The summed E-state index contributed by atoms with van der Waals surface area (Å²) in [6.45, 7) is 0. The van der Waals surface area contributed by atoms with Crippen molar-refractivity contribution in [1.29, 1.82) is 10.5 Å². The summed E-state index contributed by atoms with van der Waals surface area (Å²) in [4.78, 5) is 0. The van der Waals surface area contributed by atoms with Crippen LogP contribution in [-0.4, -0.2) is 7.11 Å². The Hall–Kier alpha value is -2.00. The Bertz CT molecular complexity index is 482. The zero-order chi connectivity index (χ0) is 11.5. The van der Waals surface area contributed by atoms with Crippen molar-refractivity contribution in [1.82, 2.24) is 0 Å². The second kappa shape index (κ2) is 4.24. The molecule has 1 aliphatic carbocycles. The van der Waals surface area contributed by atoms with Gasteiger partial charge in [0.25, 0.3) is 0 Å². The Balaban J connectivity index is 2.52. The third kappa shape index (κ3) is 1.51. The van der Waals surface area contributed by atoms with Gasteiger partial charge in [-0.05, 0) is 30.0 Å². The van der Waals surface area contributed by atoms with Crippen molar-refractivity contribution >= 4 is 0 Å². The average molecular weight is 212 g/mol. The summed E-state index contributed by atoms with van der Waals surface area (Å²) in [5, 5.41) is 18.2. The van der Waals surface area contributed by atoms with Crippen LogP contribution in [0, 0.1) is 28.6 Å². The van der Waals surface area contributed by atoms with Gasteiger partial charge in [0.05, 0.1) is 31.1 Å². The van der Waals surface area contributed by atoms with E-state index in [4.69, 9.17) is 15.3 Å². The standard InChI is InChI=1S/C13H12N2O/c1-16-13-4-2-3-10-11(13)6-5-9(7-14)12(10)8-15/h2-4,9,12H,5-6H2,1H3/t9-,12-/m1/s1. The van der Waals surface area contributed by atoms with Crippen LogP contribution in [0.1, 0.15) is 23.5 Å². The summed E-state index contributed by atoms with van der Waals surface area (Å²) in [6, 6.07) is 10.2. The lowest BCUT2D eigenvalue weighted by Crippen LogP contribution is -2.18. The lowest BCUT2D eigenvalue weighted by molar-refractivity contribution is 0.400. The predicted octanol–water partition coefficient (Wildman–Crippen LogP) is 2.39. The van der Waals surface area contributed by atoms with E-state index in [0.717, 1.165) is 29.7 Å². The maximum absolute atomic E-state index is 9.16. The first-order valence-corrected chi connectivity index (χ1v) is 5.26. The van der Waals surface area contributed by atoms with E-state index in [9.17, 15) is 0 Å². The Morgan fingerprint density at radius 1 is 1.31 bits per heavy atom. The van der Waals surface area contributed by atoms with Crippen LogP contribution >= 0.6 is 0 Å². The van der Waals surface area contributed by atoms with Crippen LogP contribution in [0.3, 0.4) is 0 Å². The summed E-state index contributed by atoms with van der Waals surface area (Å²) in [5.41, 5.74) is 2.04. The lowest BCUT2D eigenvalue weighted by Gasteiger charge is -2.25. The molecule has 3 heteroatoms. The Kier molecular flexibility index (Phi) is 2.79. The monoisotopic (exact) mass is 212 g/mol. The normalized spacial score (nSPS) is 22.7. The number of ether oxygens (including phenoxy) is 1. The van der Waals surface area contributed by atoms with Gasteiger partial charge in [0.1, 0.15) is 5.75 Å². The van der Waals surface area contributed by atoms with Crippen LogP contribution in [0.2, 0.25) is 0 Å². The minimum absolute atomic E-state index is 0.190. The van der Waals surface area contributed by atoms with Gasteiger partial charge in [-0.15, -0.1) is 0 Å². The zero-order valence-electron chi connectivity index (χ0n) is 9.10. The van der Waals surface area contributed by atoms with Gasteiger partial charge in [-0.25, -0.2) is 0 Å². The molecule has 0 aliphatic heterocycles. The maximum atomic E-state index is 9.16. The van der Waals surface area contributed by atoms with Gasteiger partial charge in [-0.1, -0.05) is 12.1 Å². The van der Waals surface area contributed by atoms with Gasteiger partial charge in [-0.2, -0.15) is 10.5 Å². The number of benzene rings is 1. The number of methoxy groups -OCH3 is 1. The fraction of sp³-hybridized carbons (Fsp3) is 0.385. The van der Waals surface area contributed by atoms with E-state index in [1.54, 1.807) is 7.11 Å².